The minimum Gasteiger partial charge on any atom is -0.492 e. The third-order valence-electron chi connectivity index (χ3n) is 3.90. The van der Waals surface area contributed by atoms with Crippen LogP contribution in [0.15, 0.2) is 12.1 Å². The number of benzene rings is 1. The first-order valence-corrected chi connectivity index (χ1v) is 11.0. The summed E-state index contributed by atoms with van der Waals surface area (Å²) in [4.78, 5) is 11.1. The van der Waals surface area contributed by atoms with E-state index in [9.17, 15) is 13.2 Å². The van der Waals surface area contributed by atoms with Crippen LogP contribution in [-0.4, -0.2) is 55.9 Å². The molecule has 1 atom stereocenters. The largest absolute Gasteiger partial charge is 0.492 e. The van der Waals surface area contributed by atoms with Gasteiger partial charge < -0.3 is 14.9 Å². The van der Waals surface area contributed by atoms with Crippen LogP contribution in [0.4, 0.5) is 0 Å². The highest BCUT2D eigenvalue weighted by Crippen LogP contribution is 2.35. The van der Waals surface area contributed by atoms with E-state index in [4.69, 9.17) is 26.6 Å². The molecule has 0 amide bonds. The first-order valence-electron chi connectivity index (χ1n) is 8.55. The number of aliphatic carboxylic acids is 1. The Balaban J connectivity index is 2.99. The van der Waals surface area contributed by atoms with Crippen molar-refractivity contribution in [2.75, 3.05) is 25.2 Å². The van der Waals surface area contributed by atoms with E-state index in [1.165, 1.54) is 6.26 Å². The van der Waals surface area contributed by atoms with Crippen molar-refractivity contribution < 1.29 is 28.2 Å². The molecule has 7 nitrogen and oxygen atoms in total. The predicted molar refractivity (Wildman–Crippen MR) is 105 cm³/mol. The second kappa shape index (κ2) is 9.73. The van der Waals surface area contributed by atoms with E-state index >= 15 is 0 Å². The van der Waals surface area contributed by atoms with Crippen molar-refractivity contribution >= 4 is 27.4 Å². The van der Waals surface area contributed by atoms with Crippen LogP contribution in [0.2, 0.25) is 5.02 Å². The van der Waals surface area contributed by atoms with E-state index < -0.39 is 28.5 Å². The van der Waals surface area contributed by atoms with Gasteiger partial charge in [-0.1, -0.05) is 32.4 Å². The Morgan fingerprint density at radius 2 is 1.96 bits per heavy atom. The number of rotatable bonds is 10. The lowest BCUT2D eigenvalue weighted by Crippen LogP contribution is -2.39. The number of aliphatic hydroxyl groups is 1. The van der Waals surface area contributed by atoms with Gasteiger partial charge in [-0.15, -0.1) is 0 Å². The van der Waals surface area contributed by atoms with Gasteiger partial charge in [0, 0.05) is 12.8 Å². The Kier molecular flexibility index (Phi) is 8.53. The van der Waals surface area contributed by atoms with Crippen LogP contribution < -0.4 is 10.1 Å². The van der Waals surface area contributed by atoms with E-state index in [1.807, 2.05) is 20.8 Å². The molecule has 0 bridgehead atoms. The molecule has 0 unspecified atom stereocenters. The molecule has 1 aromatic carbocycles. The molecule has 0 radical (unpaired) electrons. The van der Waals surface area contributed by atoms with E-state index in [2.05, 4.69) is 5.32 Å². The number of carboxylic acid groups (broad SMARTS) is 1. The Morgan fingerprint density at radius 3 is 2.44 bits per heavy atom. The maximum absolute atomic E-state index is 11.2. The summed E-state index contributed by atoms with van der Waals surface area (Å²) in [6.45, 7) is 5.95. The fourth-order valence-corrected chi connectivity index (χ4v) is 3.40. The van der Waals surface area contributed by atoms with Crippen LogP contribution in [-0.2, 0) is 26.6 Å². The molecule has 0 aliphatic carbocycles. The molecule has 0 saturated carbocycles. The fraction of sp³-hybridized carbons (Fsp3) is 0.611. The zero-order valence-electron chi connectivity index (χ0n) is 16.1. The number of carbonyl (C=O) groups is 1. The van der Waals surface area contributed by atoms with Crippen molar-refractivity contribution in [2.24, 2.45) is 0 Å². The Hall–Kier alpha value is -1.35. The fourth-order valence-electron chi connectivity index (χ4n) is 2.52. The number of hydrogen-bond acceptors (Lipinski definition) is 6. The predicted octanol–water partition coefficient (Wildman–Crippen LogP) is 1.99. The minimum absolute atomic E-state index is 0.0382. The van der Waals surface area contributed by atoms with E-state index in [1.54, 1.807) is 12.1 Å². The van der Waals surface area contributed by atoms with Gasteiger partial charge >= 0.3 is 5.97 Å². The molecule has 0 saturated heterocycles. The van der Waals surface area contributed by atoms with Crippen LogP contribution >= 0.6 is 11.6 Å². The average molecular weight is 422 g/mol. The average Bonchev–Trinajstić information content (AvgIpc) is 2.51. The molecule has 1 rings (SSSR count). The van der Waals surface area contributed by atoms with Crippen molar-refractivity contribution in [1.29, 1.82) is 0 Å². The lowest BCUT2D eigenvalue weighted by Gasteiger charge is -2.25. The number of hydrogen-bond donors (Lipinski definition) is 3. The van der Waals surface area contributed by atoms with Crippen molar-refractivity contribution in [2.45, 2.75) is 45.2 Å². The summed E-state index contributed by atoms with van der Waals surface area (Å²) in [7, 11) is -3.04. The summed E-state index contributed by atoms with van der Waals surface area (Å²) in [5, 5.41) is 21.3. The summed E-state index contributed by atoms with van der Waals surface area (Å²) in [5.41, 5.74) is 1.46. The molecule has 1 aromatic rings. The molecule has 0 aliphatic heterocycles. The third-order valence-corrected chi connectivity index (χ3v) is 5.23. The second-order valence-electron chi connectivity index (χ2n) is 7.48. The molecule has 0 aliphatic rings. The van der Waals surface area contributed by atoms with Gasteiger partial charge in [0.1, 0.15) is 21.6 Å². The molecule has 27 heavy (non-hydrogen) atoms. The highest BCUT2D eigenvalue weighted by atomic mass is 35.5. The monoisotopic (exact) mass is 421 g/mol. The van der Waals surface area contributed by atoms with E-state index in [-0.39, 0.29) is 24.3 Å². The lowest BCUT2D eigenvalue weighted by atomic mass is 9.83. The number of carboxylic acids is 1. The zero-order chi connectivity index (χ0) is 20.8. The Morgan fingerprint density at radius 1 is 1.33 bits per heavy atom. The number of nitrogens with one attached hydrogen (secondary N) is 1. The maximum atomic E-state index is 11.2. The summed E-state index contributed by atoms with van der Waals surface area (Å²) in [6, 6.07) is 2.44. The molecule has 3 N–H and O–H groups in total. The summed E-state index contributed by atoms with van der Waals surface area (Å²) < 4.78 is 28.0. The standard InChI is InChI=1S/C18H28ClNO6S/c1-18(2,3)13-9-16(26-6-5-7-27(4,24)25)14(19)8-12(13)10-20-15(11-21)17(22)23/h8-9,15,20-21H,5-7,10-11H2,1-4H3,(H,22,23)/t15-/m0/s1. The first-order chi connectivity index (χ1) is 12.3. The summed E-state index contributed by atoms with van der Waals surface area (Å²) >= 11 is 6.30. The van der Waals surface area contributed by atoms with Crippen molar-refractivity contribution in [1.82, 2.24) is 5.32 Å². The lowest BCUT2D eigenvalue weighted by molar-refractivity contribution is -0.140. The van der Waals surface area contributed by atoms with Gasteiger partial charge in [0.05, 0.1) is 24.0 Å². The van der Waals surface area contributed by atoms with Crippen LogP contribution in [0.3, 0.4) is 0 Å². The van der Waals surface area contributed by atoms with Crippen molar-refractivity contribution in [3.05, 3.63) is 28.3 Å². The normalized spacial score (nSPS) is 13.4. The highest BCUT2D eigenvalue weighted by molar-refractivity contribution is 7.90. The second-order valence-corrected chi connectivity index (χ2v) is 10.1. The van der Waals surface area contributed by atoms with Gasteiger partial charge in [0.2, 0.25) is 0 Å². The topological polar surface area (TPSA) is 113 Å². The summed E-state index contributed by atoms with van der Waals surface area (Å²) in [6.07, 6.45) is 1.54. The van der Waals surface area contributed by atoms with Crippen LogP contribution in [0, 0.1) is 0 Å². The number of sulfone groups is 1. The van der Waals surface area contributed by atoms with Crippen LogP contribution in [0.1, 0.15) is 38.3 Å². The highest BCUT2D eigenvalue weighted by Gasteiger charge is 2.22. The van der Waals surface area contributed by atoms with Gasteiger partial charge in [-0.05, 0) is 35.1 Å². The van der Waals surface area contributed by atoms with Gasteiger partial charge in [-0.3, -0.25) is 10.1 Å². The van der Waals surface area contributed by atoms with Gasteiger partial charge in [-0.25, -0.2) is 8.42 Å². The van der Waals surface area contributed by atoms with Gasteiger partial charge in [0.15, 0.2) is 0 Å². The Labute approximate surface area is 165 Å². The van der Waals surface area contributed by atoms with Crippen molar-refractivity contribution in [3.63, 3.8) is 0 Å². The van der Waals surface area contributed by atoms with Gasteiger partial charge in [0.25, 0.3) is 0 Å². The number of ether oxygens (including phenoxy) is 1. The minimum atomic E-state index is -3.04. The SMILES string of the molecule is CC(C)(C)c1cc(OCCCS(C)(=O)=O)c(Cl)cc1CN[C@@H](CO)C(=O)O. The molecule has 154 valence electrons. The number of aliphatic hydroxyl groups excluding tert-OH is 1. The zero-order valence-corrected chi connectivity index (χ0v) is 17.7. The first kappa shape index (κ1) is 23.7. The molecule has 9 heteroatoms. The maximum Gasteiger partial charge on any atom is 0.323 e. The van der Waals surface area contributed by atoms with E-state index in [0.29, 0.717) is 17.2 Å². The molecule has 0 aromatic heterocycles. The third kappa shape index (κ3) is 8.04. The number of halogens is 1. The quantitative estimate of drug-likeness (QED) is 0.495. The summed E-state index contributed by atoms with van der Waals surface area (Å²) in [5.74, 6) is -0.640. The molecule has 0 fully saturated rings. The van der Waals surface area contributed by atoms with E-state index in [0.717, 1.165) is 11.1 Å². The molecule has 0 spiro atoms. The van der Waals surface area contributed by atoms with Crippen molar-refractivity contribution in [3.8, 4) is 5.75 Å². The van der Waals surface area contributed by atoms with Gasteiger partial charge in [-0.2, -0.15) is 0 Å². The smallest absolute Gasteiger partial charge is 0.323 e. The Bertz CT molecular complexity index is 758. The van der Waals surface area contributed by atoms with Crippen LogP contribution in [0.25, 0.3) is 0 Å². The van der Waals surface area contributed by atoms with Crippen LogP contribution in [0.5, 0.6) is 5.75 Å². The molecule has 0 heterocycles. The molecular formula is C18H28ClNO6S. The molecular weight excluding hydrogens is 394 g/mol.